The number of rotatable bonds is 5. The van der Waals surface area contributed by atoms with Gasteiger partial charge in [0, 0.05) is 18.4 Å². The molecule has 2 heterocycles. The van der Waals surface area contributed by atoms with E-state index in [1.165, 1.54) is 0 Å². The molecule has 0 unspecified atom stereocenters. The fourth-order valence-electron chi connectivity index (χ4n) is 2.34. The van der Waals surface area contributed by atoms with Gasteiger partial charge in [0.2, 0.25) is 0 Å². The summed E-state index contributed by atoms with van der Waals surface area (Å²) in [6.45, 7) is 7.40. The Balaban J connectivity index is 2.38. The quantitative estimate of drug-likeness (QED) is 0.652. The van der Waals surface area contributed by atoms with Crippen LogP contribution in [-0.2, 0) is 6.54 Å². The maximum atomic E-state index is 7.79. The molecule has 0 radical (unpaired) electrons. The monoisotopic (exact) mass is 283 g/mol. The van der Waals surface area contributed by atoms with Crippen molar-refractivity contribution >= 4 is 11.7 Å². The van der Waals surface area contributed by atoms with Gasteiger partial charge in [0.05, 0.1) is 17.8 Å². The summed E-state index contributed by atoms with van der Waals surface area (Å²) < 4.78 is 0. The summed E-state index contributed by atoms with van der Waals surface area (Å²) in [7, 11) is 0. The molecule has 0 aliphatic carbocycles. The SMILES string of the molecule is CCN(Cc1cccc(C)n1)c1nccc(C)c1C(=N)N. The third kappa shape index (κ3) is 3.37. The average Bonchev–Trinajstić information content (AvgIpc) is 2.44. The molecule has 2 aromatic heterocycles. The van der Waals surface area contributed by atoms with Crippen LogP contribution in [0.2, 0.25) is 0 Å². The van der Waals surface area contributed by atoms with E-state index in [-0.39, 0.29) is 5.84 Å². The van der Waals surface area contributed by atoms with Crippen LogP contribution in [0.25, 0.3) is 0 Å². The molecule has 0 fully saturated rings. The van der Waals surface area contributed by atoms with E-state index in [1.807, 2.05) is 38.1 Å². The maximum Gasteiger partial charge on any atom is 0.140 e. The predicted octanol–water partition coefficient (Wildman–Crippen LogP) is 2.40. The number of anilines is 1. The van der Waals surface area contributed by atoms with E-state index in [0.29, 0.717) is 12.1 Å². The molecule has 0 aliphatic rings. The van der Waals surface area contributed by atoms with Gasteiger partial charge in [-0.3, -0.25) is 10.4 Å². The Kier molecular flexibility index (Phi) is 4.52. The molecule has 0 saturated carbocycles. The van der Waals surface area contributed by atoms with Gasteiger partial charge in [-0.05, 0) is 44.5 Å². The van der Waals surface area contributed by atoms with Crippen molar-refractivity contribution in [1.82, 2.24) is 9.97 Å². The summed E-state index contributed by atoms with van der Waals surface area (Å²) in [6, 6.07) is 7.85. The van der Waals surface area contributed by atoms with Crippen LogP contribution < -0.4 is 10.6 Å². The Bertz CT molecular complexity index is 651. The lowest BCUT2D eigenvalue weighted by atomic mass is 10.1. The molecular weight excluding hydrogens is 262 g/mol. The van der Waals surface area contributed by atoms with E-state index >= 15 is 0 Å². The fourth-order valence-corrected chi connectivity index (χ4v) is 2.34. The first kappa shape index (κ1) is 15.0. The van der Waals surface area contributed by atoms with Gasteiger partial charge in [0.25, 0.3) is 0 Å². The number of nitrogens with two attached hydrogens (primary N) is 1. The molecule has 0 spiro atoms. The molecule has 0 aliphatic heterocycles. The van der Waals surface area contributed by atoms with Gasteiger partial charge >= 0.3 is 0 Å². The first-order valence-electron chi connectivity index (χ1n) is 7.00. The number of amidine groups is 1. The molecule has 0 bridgehead atoms. The smallest absolute Gasteiger partial charge is 0.140 e. The standard InChI is InChI=1S/C16H21N5/c1-4-21(10-13-7-5-6-12(3)20-13)16-14(15(17)18)11(2)8-9-19-16/h5-9H,4,10H2,1-3H3,(H3,17,18). The maximum absolute atomic E-state index is 7.79. The van der Waals surface area contributed by atoms with Crippen molar-refractivity contribution in [3.63, 3.8) is 0 Å². The third-order valence-corrected chi connectivity index (χ3v) is 3.39. The first-order valence-corrected chi connectivity index (χ1v) is 7.00. The van der Waals surface area contributed by atoms with Gasteiger partial charge in [0.1, 0.15) is 11.7 Å². The topological polar surface area (TPSA) is 78.9 Å². The zero-order valence-corrected chi connectivity index (χ0v) is 12.7. The predicted molar refractivity (Wildman–Crippen MR) is 85.7 cm³/mol. The van der Waals surface area contributed by atoms with E-state index in [4.69, 9.17) is 11.1 Å². The molecule has 2 rings (SSSR count). The van der Waals surface area contributed by atoms with Crippen molar-refractivity contribution in [2.75, 3.05) is 11.4 Å². The van der Waals surface area contributed by atoms with Gasteiger partial charge in [0.15, 0.2) is 0 Å². The van der Waals surface area contributed by atoms with E-state index in [2.05, 4.69) is 21.8 Å². The van der Waals surface area contributed by atoms with Crippen LogP contribution in [0.5, 0.6) is 0 Å². The average molecular weight is 283 g/mol. The minimum Gasteiger partial charge on any atom is -0.384 e. The normalized spacial score (nSPS) is 10.4. The minimum absolute atomic E-state index is 0.0475. The van der Waals surface area contributed by atoms with E-state index in [9.17, 15) is 0 Å². The highest BCUT2D eigenvalue weighted by Gasteiger charge is 2.16. The summed E-state index contributed by atoms with van der Waals surface area (Å²) in [4.78, 5) is 11.0. The zero-order chi connectivity index (χ0) is 15.4. The molecule has 0 amide bonds. The van der Waals surface area contributed by atoms with Gasteiger partial charge in [-0.25, -0.2) is 4.98 Å². The molecule has 5 nitrogen and oxygen atoms in total. The molecule has 3 N–H and O–H groups in total. The summed E-state index contributed by atoms with van der Waals surface area (Å²) in [5, 5.41) is 7.79. The Labute approximate surface area is 125 Å². The first-order chi connectivity index (χ1) is 10.0. The van der Waals surface area contributed by atoms with E-state index in [0.717, 1.165) is 29.3 Å². The van der Waals surface area contributed by atoms with Crippen LogP contribution >= 0.6 is 0 Å². The van der Waals surface area contributed by atoms with Gasteiger partial charge in [-0.1, -0.05) is 6.07 Å². The summed E-state index contributed by atoms with van der Waals surface area (Å²) >= 11 is 0. The number of hydrogen-bond donors (Lipinski definition) is 2. The van der Waals surface area contributed by atoms with Crippen molar-refractivity contribution < 1.29 is 0 Å². The Morgan fingerprint density at radius 1 is 1.29 bits per heavy atom. The van der Waals surface area contributed by atoms with Crippen LogP contribution in [0.15, 0.2) is 30.5 Å². The van der Waals surface area contributed by atoms with Crippen molar-refractivity contribution in [2.45, 2.75) is 27.3 Å². The molecular formula is C16H21N5. The van der Waals surface area contributed by atoms with Crippen LogP contribution in [-0.4, -0.2) is 22.3 Å². The number of nitrogens with one attached hydrogen (secondary N) is 1. The van der Waals surface area contributed by atoms with E-state index in [1.54, 1.807) is 6.20 Å². The van der Waals surface area contributed by atoms with Gasteiger partial charge in [-0.2, -0.15) is 0 Å². The van der Waals surface area contributed by atoms with Crippen molar-refractivity contribution in [3.05, 3.63) is 53.0 Å². The minimum atomic E-state index is 0.0475. The molecule has 0 atom stereocenters. The van der Waals surface area contributed by atoms with E-state index < -0.39 is 0 Å². The summed E-state index contributed by atoms with van der Waals surface area (Å²) in [5.41, 5.74) is 9.36. The number of hydrogen-bond acceptors (Lipinski definition) is 4. The van der Waals surface area contributed by atoms with Gasteiger partial charge in [-0.15, -0.1) is 0 Å². The highest BCUT2D eigenvalue weighted by molar-refractivity contribution is 6.00. The Hall–Kier alpha value is -2.43. The van der Waals surface area contributed by atoms with Crippen molar-refractivity contribution in [3.8, 4) is 0 Å². The highest BCUT2D eigenvalue weighted by Crippen LogP contribution is 2.21. The van der Waals surface area contributed by atoms with Gasteiger partial charge < -0.3 is 10.6 Å². The Morgan fingerprint density at radius 3 is 2.67 bits per heavy atom. The zero-order valence-electron chi connectivity index (χ0n) is 12.7. The highest BCUT2D eigenvalue weighted by atomic mass is 15.2. The number of nitrogens with zero attached hydrogens (tertiary/aromatic N) is 3. The van der Waals surface area contributed by atoms with Crippen LogP contribution in [0.4, 0.5) is 5.82 Å². The van der Waals surface area contributed by atoms with Crippen molar-refractivity contribution in [1.29, 1.82) is 5.41 Å². The molecule has 110 valence electrons. The van der Waals surface area contributed by atoms with Crippen LogP contribution in [0.1, 0.15) is 29.4 Å². The summed E-state index contributed by atoms with van der Waals surface area (Å²) in [5.74, 6) is 0.791. The lowest BCUT2D eigenvalue weighted by Crippen LogP contribution is -2.28. The number of nitrogen functional groups attached to an aromatic ring is 1. The second-order valence-electron chi connectivity index (χ2n) is 5.02. The molecule has 2 aromatic rings. The van der Waals surface area contributed by atoms with Crippen LogP contribution in [0, 0.1) is 19.3 Å². The van der Waals surface area contributed by atoms with Crippen molar-refractivity contribution in [2.24, 2.45) is 5.73 Å². The lowest BCUT2D eigenvalue weighted by Gasteiger charge is -2.24. The molecule has 0 aromatic carbocycles. The lowest BCUT2D eigenvalue weighted by molar-refractivity contribution is 0.788. The second-order valence-corrected chi connectivity index (χ2v) is 5.02. The summed E-state index contributed by atoms with van der Waals surface area (Å²) in [6.07, 6.45) is 1.75. The molecule has 0 saturated heterocycles. The fraction of sp³-hybridized carbons (Fsp3) is 0.312. The Morgan fingerprint density at radius 2 is 2.05 bits per heavy atom. The molecule has 21 heavy (non-hydrogen) atoms. The number of aryl methyl sites for hydroxylation is 2. The second kappa shape index (κ2) is 6.35. The number of aromatic nitrogens is 2. The largest absolute Gasteiger partial charge is 0.384 e. The number of pyridine rings is 2. The van der Waals surface area contributed by atoms with Crippen LogP contribution in [0.3, 0.4) is 0 Å². The third-order valence-electron chi connectivity index (χ3n) is 3.39. The molecule has 5 heteroatoms.